The van der Waals surface area contributed by atoms with Gasteiger partial charge in [0.1, 0.15) is 4.60 Å². The molecule has 16 heavy (non-hydrogen) atoms. The first-order valence-corrected chi connectivity index (χ1v) is 6.31. The summed E-state index contributed by atoms with van der Waals surface area (Å²) in [6, 6.07) is 5.51. The van der Waals surface area contributed by atoms with Crippen LogP contribution in [0.3, 0.4) is 0 Å². The molecule has 1 N–H and O–H groups in total. The van der Waals surface area contributed by atoms with E-state index in [2.05, 4.69) is 26.2 Å². The topological polar surface area (TPSA) is 42.0 Å². The number of halogens is 1. The molecule has 5 heteroatoms. The summed E-state index contributed by atoms with van der Waals surface area (Å²) >= 11 is 4.72. The van der Waals surface area contributed by atoms with Crippen molar-refractivity contribution < 1.29 is 4.79 Å². The summed E-state index contributed by atoms with van der Waals surface area (Å²) in [5.74, 6) is -0.0961. The van der Waals surface area contributed by atoms with Gasteiger partial charge in [0, 0.05) is 6.20 Å². The molecule has 2 aromatic rings. The SMILES string of the molecule is Cc1ccsc1C(=O)Nc1cccnc1Br. The Morgan fingerprint density at radius 1 is 1.50 bits per heavy atom. The molecule has 1 amide bonds. The minimum Gasteiger partial charge on any atom is -0.319 e. The maximum absolute atomic E-state index is 11.9. The third-order valence-electron chi connectivity index (χ3n) is 2.08. The highest BCUT2D eigenvalue weighted by molar-refractivity contribution is 9.10. The van der Waals surface area contributed by atoms with E-state index in [1.807, 2.05) is 18.4 Å². The summed E-state index contributed by atoms with van der Waals surface area (Å²) in [4.78, 5) is 16.7. The van der Waals surface area contributed by atoms with Gasteiger partial charge >= 0.3 is 0 Å². The average Bonchev–Trinajstić information content (AvgIpc) is 2.68. The van der Waals surface area contributed by atoms with Gasteiger partial charge in [0.25, 0.3) is 5.91 Å². The number of aromatic nitrogens is 1. The number of anilines is 1. The van der Waals surface area contributed by atoms with Crippen LogP contribution in [-0.2, 0) is 0 Å². The van der Waals surface area contributed by atoms with Crippen molar-refractivity contribution in [3.63, 3.8) is 0 Å². The molecular formula is C11H9BrN2OS. The predicted molar refractivity (Wildman–Crippen MR) is 68.9 cm³/mol. The zero-order valence-electron chi connectivity index (χ0n) is 8.53. The molecule has 0 fully saturated rings. The predicted octanol–water partition coefficient (Wildman–Crippen LogP) is 3.47. The Bertz CT molecular complexity index is 524. The lowest BCUT2D eigenvalue weighted by Crippen LogP contribution is -2.11. The van der Waals surface area contributed by atoms with Crippen molar-refractivity contribution in [1.82, 2.24) is 4.98 Å². The molecule has 0 aliphatic heterocycles. The highest BCUT2D eigenvalue weighted by Gasteiger charge is 2.11. The van der Waals surface area contributed by atoms with Gasteiger partial charge in [-0.15, -0.1) is 11.3 Å². The molecule has 0 saturated heterocycles. The molecule has 0 unspecified atom stereocenters. The molecule has 2 aromatic heterocycles. The van der Waals surface area contributed by atoms with Crippen molar-refractivity contribution in [2.45, 2.75) is 6.92 Å². The first-order chi connectivity index (χ1) is 7.68. The van der Waals surface area contributed by atoms with Gasteiger partial charge in [0.2, 0.25) is 0 Å². The van der Waals surface area contributed by atoms with E-state index in [9.17, 15) is 4.79 Å². The van der Waals surface area contributed by atoms with Gasteiger partial charge in [-0.2, -0.15) is 0 Å². The lowest BCUT2D eigenvalue weighted by Gasteiger charge is -2.05. The molecule has 0 atom stereocenters. The number of pyridine rings is 1. The smallest absolute Gasteiger partial charge is 0.266 e. The monoisotopic (exact) mass is 296 g/mol. The van der Waals surface area contributed by atoms with Crippen LogP contribution in [0.4, 0.5) is 5.69 Å². The molecule has 2 rings (SSSR count). The fourth-order valence-corrected chi connectivity index (χ4v) is 2.43. The van der Waals surface area contributed by atoms with Gasteiger partial charge < -0.3 is 5.32 Å². The van der Waals surface area contributed by atoms with Crippen LogP contribution >= 0.6 is 27.3 Å². The summed E-state index contributed by atoms with van der Waals surface area (Å²) < 4.78 is 0.637. The maximum Gasteiger partial charge on any atom is 0.266 e. The number of thiophene rings is 1. The minimum absolute atomic E-state index is 0.0961. The lowest BCUT2D eigenvalue weighted by molar-refractivity contribution is 0.103. The number of hydrogen-bond donors (Lipinski definition) is 1. The number of nitrogens with zero attached hydrogens (tertiary/aromatic N) is 1. The van der Waals surface area contributed by atoms with Crippen LogP contribution in [0.2, 0.25) is 0 Å². The Balaban J connectivity index is 2.21. The average molecular weight is 297 g/mol. The number of hydrogen-bond acceptors (Lipinski definition) is 3. The molecule has 0 aliphatic carbocycles. The van der Waals surface area contributed by atoms with E-state index < -0.39 is 0 Å². The zero-order chi connectivity index (χ0) is 11.5. The van der Waals surface area contributed by atoms with Crippen molar-refractivity contribution in [2.75, 3.05) is 5.32 Å². The summed E-state index contributed by atoms with van der Waals surface area (Å²) in [5.41, 5.74) is 1.67. The number of rotatable bonds is 2. The van der Waals surface area contributed by atoms with Crippen LogP contribution in [0.1, 0.15) is 15.2 Å². The third kappa shape index (κ3) is 2.31. The first kappa shape index (κ1) is 11.3. The second-order valence-electron chi connectivity index (χ2n) is 3.23. The van der Waals surface area contributed by atoms with Crippen molar-refractivity contribution in [3.05, 3.63) is 44.8 Å². The summed E-state index contributed by atoms with van der Waals surface area (Å²) in [6.07, 6.45) is 1.66. The molecule has 0 spiro atoms. The van der Waals surface area contributed by atoms with Crippen LogP contribution in [0.15, 0.2) is 34.4 Å². The molecule has 82 valence electrons. The standard InChI is InChI=1S/C11H9BrN2OS/c1-7-4-6-16-9(7)11(15)14-8-3-2-5-13-10(8)12/h2-6H,1H3,(H,14,15). The molecule has 0 radical (unpaired) electrons. The van der Waals surface area contributed by atoms with Gasteiger partial charge in [-0.3, -0.25) is 4.79 Å². The Morgan fingerprint density at radius 3 is 2.94 bits per heavy atom. The highest BCUT2D eigenvalue weighted by atomic mass is 79.9. The lowest BCUT2D eigenvalue weighted by atomic mass is 10.3. The molecule has 2 heterocycles. The Labute approximate surface area is 106 Å². The van der Waals surface area contributed by atoms with Crippen LogP contribution in [0, 0.1) is 6.92 Å². The third-order valence-corrected chi connectivity index (χ3v) is 3.72. The second-order valence-corrected chi connectivity index (χ2v) is 4.90. The van der Waals surface area contributed by atoms with Gasteiger partial charge in [0.15, 0.2) is 0 Å². The number of amides is 1. The van der Waals surface area contributed by atoms with Gasteiger partial charge in [-0.25, -0.2) is 4.98 Å². The van der Waals surface area contributed by atoms with E-state index in [4.69, 9.17) is 0 Å². The molecule has 0 aromatic carbocycles. The Morgan fingerprint density at radius 2 is 2.31 bits per heavy atom. The highest BCUT2D eigenvalue weighted by Crippen LogP contribution is 2.21. The molecule has 0 aliphatic rings. The summed E-state index contributed by atoms with van der Waals surface area (Å²) in [5, 5.41) is 4.72. The second kappa shape index (κ2) is 4.76. The van der Waals surface area contributed by atoms with Crippen molar-refractivity contribution >= 4 is 38.9 Å². The normalized spacial score (nSPS) is 10.1. The quantitative estimate of drug-likeness (QED) is 0.862. The van der Waals surface area contributed by atoms with E-state index in [-0.39, 0.29) is 5.91 Å². The Kier molecular flexibility index (Phi) is 3.36. The number of carbonyl (C=O) groups excluding carboxylic acids is 1. The summed E-state index contributed by atoms with van der Waals surface area (Å²) in [7, 11) is 0. The van der Waals surface area contributed by atoms with Crippen LogP contribution < -0.4 is 5.32 Å². The molecule has 0 bridgehead atoms. The summed E-state index contributed by atoms with van der Waals surface area (Å²) in [6.45, 7) is 1.92. The van der Waals surface area contributed by atoms with Gasteiger partial charge in [-0.05, 0) is 52.0 Å². The molecule has 3 nitrogen and oxygen atoms in total. The van der Waals surface area contributed by atoms with Gasteiger partial charge in [0.05, 0.1) is 10.6 Å². The van der Waals surface area contributed by atoms with Crippen LogP contribution in [-0.4, -0.2) is 10.9 Å². The van der Waals surface area contributed by atoms with E-state index in [1.165, 1.54) is 11.3 Å². The first-order valence-electron chi connectivity index (χ1n) is 4.64. The molecular weight excluding hydrogens is 288 g/mol. The van der Waals surface area contributed by atoms with Crippen molar-refractivity contribution in [2.24, 2.45) is 0 Å². The van der Waals surface area contributed by atoms with E-state index in [0.29, 0.717) is 10.3 Å². The van der Waals surface area contributed by atoms with E-state index in [0.717, 1.165) is 10.4 Å². The van der Waals surface area contributed by atoms with Crippen molar-refractivity contribution in [1.29, 1.82) is 0 Å². The zero-order valence-corrected chi connectivity index (χ0v) is 10.9. The van der Waals surface area contributed by atoms with Crippen molar-refractivity contribution in [3.8, 4) is 0 Å². The van der Waals surface area contributed by atoms with E-state index >= 15 is 0 Å². The number of carbonyl (C=O) groups is 1. The molecule has 0 saturated carbocycles. The largest absolute Gasteiger partial charge is 0.319 e. The van der Waals surface area contributed by atoms with Gasteiger partial charge in [-0.1, -0.05) is 0 Å². The fraction of sp³-hybridized carbons (Fsp3) is 0.0909. The maximum atomic E-state index is 11.9. The Hall–Kier alpha value is -1.20. The van der Waals surface area contributed by atoms with Crippen LogP contribution in [0.5, 0.6) is 0 Å². The number of aryl methyl sites for hydroxylation is 1. The van der Waals surface area contributed by atoms with E-state index in [1.54, 1.807) is 18.3 Å². The fourth-order valence-electron chi connectivity index (χ4n) is 1.26. The van der Waals surface area contributed by atoms with Crippen LogP contribution in [0.25, 0.3) is 0 Å². The minimum atomic E-state index is -0.0961. The number of nitrogens with one attached hydrogen (secondary N) is 1.